The van der Waals surface area contributed by atoms with Crippen molar-refractivity contribution >= 4 is 11.5 Å². The van der Waals surface area contributed by atoms with Gasteiger partial charge in [-0.3, -0.25) is 0 Å². The predicted molar refractivity (Wildman–Crippen MR) is 75.5 cm³/mol. The molecule has 2 aromatic rings. The molecule has 0 atom stereocenters. The summed E-state index contributed by atoms with van der Waals surface area (Å²) in [6.45, 7) is 0. The van der Waals surface area contributed by atoms with Gasteiger partial charge in [0.2, 0.25) is 5.82 Å². The number of benzene rings is 1. The van der Waals surface area contributed by atoms with E-state index in [0.717, 1.165) is 12.6 Å². The van der Waals surface area contributed by atoms with Crippen LogP contribution in [-0.2, 0) is 14.3 Å². The average molecular weight is 322 g/mol. The second-order valence-electron chi connectivity index (χ2n) is 4.14. The summed E-state index contributed by atoms with van der Waals surface area (Å²) in [7, 11) is 2.56. The highest BCUT2D eigenvalue weighted by Crippen LogP contribution is 2.31. The molecule has 0 amide bonds. The van der Waals surface area contributed by atoms with Gasteiger partial charge >= 0.3 is 5.97 Å². The van der Waals surface area contributed by atoms with Crippen LogP contribution in [0, 0.1) is 11.8 Å². The number of halogens is 2. The third kappa shape index (κ3) is 3.60. The molecule has 0 aliphatic rings. The Morgan fingerprint density at radius 3 is 2.61 bits per heavy atom. The number of nitrogens with zero attached hydrogens (tertiary/aromatic N) is 2. The van der Waals surface area contributed by atoms with Gasteiger partial charge in [0.15, 0.2) is 0 Å². The van der Waals surface area contributed by atoms with Gasteiger partial charge in [0.25, 0.3) is 11.8 Å². The van der Waals surface area contributed by atoms with Crippen LogP contribution in [0.1, 0.15) is 5.56 Å². The van der Waals surface area contributed by atoms with Crippen LogP contribution in [0.25, 0.3) is 5.57 Å². The van der Waals surface area contributed by atoms with Gasteiger partial charge < -0.3 is 14.2 Å². The lowest BCUT2D eigenvalue weighted by Crippen LogP contribution is -2.06. The lowest BCUT2D eigenvalue weighted by molar-refractivity contribution is -0.133. The molecular weight excluding hydrogens is 310 g/mol. The van der Waals surface area contributed by atoms with Crippen molar-refractivity contribution in [2.45, 2.75) is 0 Å². The summed E-state index contributed by atoms with van der Waals surface area (Å²) in [5.74, 6) is -3.90. The molecule has 0 radical (unpaired) electrons. The lowest BCUT2D eigenvalue weighted by atomic mass is 10.1. The lowest BCUT2D eigenvalue weighted by Gasteiger charge is -2.12. The van der Waals surface area contributed by atoms with Gasteiger partial charge in [-0.25, -0.2) is 9.78 Å². The van der Waals surface area contributed by atoms with Crippen LogP contribution in [-0.4, -0.2) is 30.2 Å². The third-order valence-electron chi connectivity index (χ3n) is 2.74. The number of carbonyl (C=O) groups is 1. The zero-order chi connectivity index (χ0) is 16.8. The third-order valence-corrected chi connectivity index (χ3v) is 2.74. The average Bonchev–Trinajstić information content (AvgIpc) is 2.57. The number of para-hydroxylation sites is 1. The molecule has 1 aromatic carbocycles. The van der Waals surface area contributed by atoms with E-state index < -0.39 is 23.6 Å². The van der Waals surface area contributed by atoms with Crippen molar-refractivity contribution < 1.29 is 27.8 Å². The molecule has 120 valence electrons. The minimum absolute atomic E-state index is 0.0422. The first-order chi connectivity index (χ1) is 11.1. The Kier molecular flexibility index (Phi) is 5.19. The standard InChI is InChI=1S/C15H12F2N2O4/c1-21-7-10(15(20)22-2)9-5-3-4-6-11(9)23-14-12(16)13(17)18-8-19-14/h3-8H,1-2H3. The van der Waals surface area contributed by atoms with Gasteiger partial charge in [-0.2, -0.15) is 13.8 Å². The molecule has 0 spiro atoms. The van der Waals surface area contributed by atoms with E-state index in [1.54, 1.807) is 12.1 Å². The second kappa shape index (κ2) is 7.30. The van der Waals surface area contributed by atoms with Crippen LogP contribution in [0.5, 0.6) is 11.6 Å². The number of hydrogen-bond donors (Lipinski definition) is 0. The maximum Gasteiger partial charge on any atom is 0.341 e. The molecule has 0 saturated carbocycles. The molecule has 1 heterocycles. The first-order valence-electron chi connectivity index (χ1n) is 6.33. The van der Waals surface area contributed by atoms with E-state index in [1.807, 2.05) is 0 Å². The Hall–Kier alpha value is -3.03. The number of hydrogen-bond acceptors (Lipinski definition) is 6. The monoisotopic (exact) mass is 322 g/mol. The van der Waals surface area contributed by atoms with Crippen LogP contribution in [0.4, 0.5) is 8.78 Å². The number of aromatic nitrogens is 2. The van der Waals surface area contributed by atoms with Gasteiger partial charge in [-0.1, -0.05) is 18.2 Å². The van der Waals surface area contributed by atoms with Crippen LogP contribution >= 0.6 is 0 Å². The Morgan fingerprint density at radius 1 is 1.17 bits per heavy atom. The molecule has 0 saturated heterocycles. The largest absolute Gasteiger partial charge is 0.503 e. The van der Waals surface area contributed by atoms with Crippen molar-refractivity contribution in [2.75, 3.05) is 14.2 Å². The Morgan fingerprint density at radius 2 is 1.91 bits per heavy atom. The molecule has 0 N–H and O–H groups in total. The highest BCUT2D eigenvalue weighted by atomic mass is 19.2. The zero-order valence-electron chi connectivity index (χ0n) is 12.2. The van der Waals surface area contributed by atoms with Gasteiger partial charge in [0.05, 0.1) is 20.5 Å². The Balaban J connectivity index is 2.47. The Bertz CT molecular complexity index is 750. The van der Waals surface area contributed by atoms with Crippen molar-refractivity contribution in [1.82, 2.24) is 9.97 Å². The van der Waals surface area contributed by atoms with E-state index in [2.05, 4.69) is 14.7 Å². The van der Waals surface area contributed by atoms with E-state index in [-0.39, 0.29) is 16.9 Å². The van der Waals surface area contributed by atoms with Crippen molar-refractivity contribution in [3.8, 4) is 11.6 Å². The van der Waals surface area contributed by atoms with E-state index >= 15 is 0 Å². The maximum atomic E-state index is 13.6. The molecule has 23 heavy (non-hydrogen) atoms. The summed E-state index contributed by atoms with van der Waals surface area (Å²) < 4.78 is 41.6. The number of carbonyl (C=O) groups excluding carboxylic acids is 1. The van der Waals surface area contributed by atoms with Gasteiger partial charge in [0, 0.05) is 5.56 Å². The summed E-state index contributed by atoms with van der Waals surface area (Å²) in [4.78, 5) is 18.4. The molecular formula is C15H12F2N2O4. The summed E-state index contributed by atoms with van der Waals surface area (Å²) in [5.41, 5.74) is 0.306. The quantitative estimate of drug-likeness (QED) is 0.365. The van der Waals surface area contributed by atoms with E-state index in [1.165, 1.54) is 26.4 Å². The van der Waals surface area contributed by atoms with Crippen molar-refractivity contribution in [2.24, 2.45) is 0 Å². The van der Waals surface area contributed by atoms with Crippen molar-refractivity contribution in [1.29, 1.82) is 0 Å². The van der Waals surface area contributed by atoms with Gasteiger partial charge in [-0.15, -0.1) is 0 Å². The second-order valence-corrected chi connectivity index (χ2v) is 4.14. The number of rotatable bonds is 5. The van der Waals surface area contributed by atoms with Gasteiger partial charge in [-0.05, 0) is 6.07 Å². The fraction of sp³-hybridized carbons (Fsp3) is 0.133. The normalized spacial score (nSPS) is 11.0. The summed E-state index contributed by atoms with van der Waals surface area (Å²) in [5, 5.41) is 0. The molecule has 0 unspecified atom stereocenters. The first kappa shape index (κ1) is 16.3. The zero-order valence-corrected chi connectivity index (χ0v) is 12.2. The summed E-state index contributed by atoms with van der Waals surface area (Å²) >= 11 is 0. The molecule has 1 aromatic heterocycles. The fourth-order valence-corrected chi connectivity index (χ4v) is 1.74. The van der Waals surface area contributed by atoms with Gasteiger partial charge in [0.1, 0.15) is 17.6 Å². The summed E-state index contributed by atoms with van der Waals surface area (Å²) in [6.07, 6.45) is 1.98. The molecule has 6 nitrogen and oxygen atoms in total. The molecule has 0 fully saturated rings. The minimum atomic E-state index is -1.34. The van der Waals surface area contributed by atoms with E-state index in [9.17, 15) is 13.6 Å². The predicted octanol–water partition coefficient (Wildman–Crippen LogP) is 2.71. The molecule has 8 heteroatoms. The molecule has 0 bridgehead atoms. The summed E-state index contributed by atoms with van der Waals surface area (Å²) in [6, 6.07) is 6.22. The minimum Gasteiger partial charge on any atom is -0.503 e. The first-order valence-corrected chi connectivity index (χ1v) is 6.33. The van der Waals surface area contributed by atoms with Crippen LogP contribution in [0.2, 0.25) is 0 Å². The molecule has 0 aliphatic heterocycles. The smallest absolute Gasteiger partial charge is 0.341 e. The highest BCUT2D eigenvalue weighted by Gasteiger charge is 2.20. The molecule has 2 rings (SSSR count). The SMILES string of the molecule is COC=C(C(=O)OC)c1ccccc1Oc1ncnc(F)c1F. The highest BCUT2D eigenvalue weighted by molar-refractivity contribution is 6.17. The number of esters is 1. The Labute approximate surface area is 130 Å². The molecule has 0 aliphatic carbocycles. The topological polar surface area (TPSA) is 70.5 Å². The number of ether oxygens (including phenoxy) is 3. The van der Waals surface area contributed by atoms with E-state index in [0.29, 0.717) is 0 Å². The van der Waals surface area contributed by atoms with Crippen molar-refractivity contribution in [3.63, 3.8) is 0 Å². The van der Waals surface area contributed by atoms with Crippen LogP contribution < -0.4 is 4.74 Å². The fourth-order valence-electron chi connectivity index (χ4n) is 1.74. The van der Waals surface area contributed by atoms with Crippen molar-refractivity contribution in [3.05, 3.63) is 54.2 Å². The van der Waals surface area contributed by atoms with Crippen LogP contribution in [0.3, 0.4) is 0 Å². The van der Waals surface area contributed by atoms with Crippen LogP contribution in [0.15, 0.2) is 36.9 Å². The maximum absolute atomic E-state index is 13.6. The van der Waals surface area contributed by atoms with E-state index in [4.69, 9.17) is 9.47 Å². The number of methoxy groups -OCH3 is 2.